The minimum Gasteiger partial charge on any atom is -0.337 e. The lowest BCUT2D eigenvalue weighted by Gasteiger charge is -2.40. The van der Waals surface area contributed by atoms with E-state index in [1.807, 2.05) is 6.92 Å². The normalized spacial score (nSPS) is 28.9. The van der Waals surface area contributed by atoms with Crippen molar-refractivity contribution in [1.29, 1.82) is 0 Å². The van der Waals surface area contributed by atoms with Crippen LogP contribution < -0.4 is 5.73 Å². The summed E-state index contributed by atoms with van der Waals surface area (Å²) in [6.07, 6.45) is 4.37. The van der Waals surface area contributed by atoms with Crippen LogP contribution in [-0.4, -0.2) is 29.4 Å². The van der Waals surface area contributed by atoms with Crippen LogP contribution in [-0.2, 0) is 4.79 Å². The molecule has 1 rings (SSSR count). The van der Waals surface area contributed by atoms with Gasteiger partial charge >= 0.3 is 0 Å². The molecule has 0 aromatic heterocycles. The first kappa shape index (κ1) is 12.5. The van der Waals surface area contributed by atoms with Crippen LogP contribution in [0.4, 0.5) is 0 Å². The van der Waals surface area contributed by atoms with Crippen LogP contribution in [0.15, 0.2) is 0 Å². The van der Waals surface area contributed by atoms with Gasteiger partial charge in [-0.1, -0.05) is 6.92 Å². The van der Waals surface area contributed by atoms with Crippen LogP contribution in [0.25, 0.3) is 0 Å². The number of nitrogens with zero attached hydrogens (tertiary/aromatic N) is 1. The maximum Gasteiger partial charge on any atom is 0.227 e. The summed E-state index contributed by atoms with van der Waals surface area (Å²) in [6.45, 7) is 6.81. The summed E-state index contributed by atoms with van der Waals surface area (Å²) in [7, 11) is 0. The number of rotatable bonds is 3. The Morgan fingerprint density at radius 2 is 1.93 bits per heavy atom. The highest BCUT2D eigenvalue weighted by molar-refractivity contribution is 5.79. The van der Waals surface area contributed by atoms with E-state index in [4.69, 9.17) is 5.73 Å². The lowest BCUT2D eigenvalue weighted by atomic mass is 9.94. The van der Waals surface area contributed by atoms with E-state index in [2.05, 4.69) is 18.7 Å². The molecule has 2 N–H and O–H groups in total. The van der Waals surface area contributed by atoms with Crippen molar-refractivity contribution in [2.45, 2.75) is 58.5 Å². The van der Waals surface area contributed by atoms with E-state index in [0.29, 0.717) is 18.6 Å². The number of hydrogen-bond acceptors (Lipinski definition) is 2. The van der Waals surface area contributed by atoms with E-state index in [0.717, 1.165) is 19.3 Å². The molecule has 3 heteroatoms. The zero-order valence-corrected chi connectivity index (χ0v) is 10.2. The summed E-state index contributed by atoms with van der Waals surface area (Å²) >= 11 is 0. The molecule has 1 amide bonds. The highest BCUT2D eigenvalue weighted by Gasteiger charge is 2.31. The van der Waals surface area contributed by atoms with Gasteiger partial charge in [-0.2, -0.15) is 0 Å². The van der Waals surface area contributed by atoms with Crippen molar-refractivity contribution in [3.8, 4) is 0 Å². The van der Waals surface area contributed by atoms with Crippen molar-refractivity contribution < 1.29 is 4.79 Å². The first-order chi connectivity index (χ1) is 7.11. The Kier molecular flexibility index (Phi) is 4.58. The second kappa shape index (κ2) is 5.50. The summed E-state index contributed by atoms with van der Waals surface area (Å²) in [5.41, 5.74) is 5.63. The maximum atomic E-state index is 12.2. The third-order valence-corrected chi connectivity index (χ3v) is 3.57. The van der Waals surface area contributed by atoms with E-state index in [1.54, 1.807) is 0 Å². The van der Waals surface area contributed by atoms with E-state index < -0.39 is 0 Å². The van der Waals surface area contributed by atoms with E-state index in [-0.39, 0.29) is 11.8 Å². The fraction of sp³-hybridized carbons (Fsp3) is 0.917. The van der Waals surface area contributed by atoms with Crippen LogP contribution in [0.3, 0.4) is 0 Å². The molecule has 15 heavy (non-hydrogen) atoms. The number of carbonyl (C=O) groups is 1. The topological polar surface area (TPSA) is 46.3 Å². The van der Waals surface area contributed by atoms with Crippen molar-refractivity contribution in [1.82, 2.24) is 4.90 Å². The van der Waals surface area contributed by atoms with Crippen molar-refractivity contribution >= 4 is 5.91 Å². The third kappa shape index (κ3) is 2.71. The second-order valence-electron chi connectivity index (χ2n) is 4.72. The van der Waals surface area contributed by atoms with Crippen molar-refractivity contribution in [2.75, 3.05) is 6.54 Å². The van der Waals surface area contributed by atoms with Gasteiger partial charge in [0.1, 0.15) is 0 Å². The summed E-state index contributed by atoms with van der Waals surface area (Å²) in [5, 5.41) is 0. The highest BCUT2D eigenvalue weighted by atomic mass is 16.2. The van der Waals surface area contributed by atoms with E-state index in [1.165, 1.54) is 6.42 Å². The molecule has 3 atom stereocenters. The Morgan fingerprint density at radius 3 is 2.33 bits per heavy atom. The lowest BCUT2D eigenvalue weighted by molar-refractivity contribution is -0.141. The third-order valence-electron chi connectivity index (χ3n) is 3.57. The fourth-order valence-corrected chi connectivity index (χ4v) is 2.51. The molecule has 88 valence electrons. The van der Waals surface area contributed by atoms with Gasteiger partial charge < -0.3 is 10.6 Å². The minimum atomic E-state index is 0.0213. The predicted octanol–water partition coefficient (Wildman–Crippen LogP) is 1.76. The van der Waals surface area contributed by atoms with Crippen LogP contribution in [0, 0.1) is 5.92 Å². The number of nitrogens with two attached hydrogens (primary N) is 1. The average molecular weight is 212 g/mol. The van der Waals surface area contributed by atoms with Gasteiger partial charge in [-0.05, 0) is 39.5 Å². The molecule has 1 fully saturated rings. The SMILES string of the molecule is CCC(CN)C(=O)N1[C@H](C)CCC[C@@H]1C. The molecule has 1 aliphatic rings. The molecular weight excluding hydrogens is 188 g/mol. The molecule has 0 bridgehead atoms. The Labute approximate surface area is 93.0 Å². The number of hydrogen-bond donors (Lipinski definition) is 1. The molecule has 0 spiro atoms. The molecule has 0 aromatic carbocycles. The van der Waals surface area contributed by atoms with Crippen LogP contribution in [0.1, 0.15) is 46.5 Å². The molecule has 0 radical (unpaired) electrons. The number of piperidine rings is 1. The average Bonchev–Trinajstić information content (AvgIpc) is 2.19. The molecule has 1 heterocycles. The van der Waals surface area contributed by atoms with Gasteiger partial charge in [-0.15, -0.1) is 0 Å². The van der Waals surface area contributed by atoms with Crippen LogP contribution in [0.5, 0.6) is 0 Å². The number of amides is 1. The van der Waals surface area contributed by atoms with Gasteiger partial charge in [0.05, 0.1) is 5.92 Å². The van der Waals surface area contributed by atoms with Crippen LogP contribution in [0.2, 0.25) is 0 Å². The van der Waals surface area contributed by atoms with Gasteiger partial charge in [0.2, 0.25) is 5.91 Å². The zero-order chi connectivity index (χ0) is 11.4. The van der Waals surface area contributed by atoms with Gasteiger partial charge in [0.15, 0.2) is 0 Å². The van der Waals surface area contributed by atoms with E-state index >= 15 is 0 Å². The first-order valence-corrected chi connectivity index (χ1v) is 6.14. The number of likely N-dealkylation sites (tertiary alicyclic amines) is 1. The molecule has 3 nitrogen and oxygen atoms in total. The van der Waals surface area contributed by atoms with Crippen molar-refractivity contribution in [3.05, 3.63) is 0 Å². The second-order valence-corrected chi connectivity index (χ2v) is 4.72. The summed E-state index contributed by atoms with van der Waals surface area (Å²) in [4.78, 5) is 14.3. The van der Waals surface area contributed by atoms with Crippen molar-refractivity contribution in [2.24, 2.45) is 11.7 Å². The Hall–Kier alpha value is -0.570. The first-order valence-electron chi connectivity index (χ1n) is 6.14. The molecule has 0 aromatic rings. The largest absolute Gasteiger partial charge is 0.337 e. The van der Waals surface area contributed by atoms with Gasteiger partial charge in [-0.25, -0.2) is 0 Å². The Bertz CT molecular complexity index is 204. The predicted molar refractivity (Wildman–Crippen MR) is 62.5 cm³/mol. The summed E-state index contributed by atoms with van der Waals surface area (Å²) in [6, 6.07) is 0.781. The monoisotopic (exact) mass is 212 g/mol. The molecule has 0 saturated carbocycles. The maximum absolute atomic E-state index is 12.2. The van der Waals surface area contributed by atoms with Crippen molar-refractivity contribution in [3.63, 3.8) is 0 Å². The molecule has 1 aliphatic heterocycles. The smallest absolute Gasteiger partial charge is 0.227 e. The number of carbonyl (C=O) groups excluding carboxylic acids is 1. The van der Waals surface area contributed by atoms with Gasteiger partial charge in [-0.3, -0.25) is 4.79 Å². The molecular formula is C12H24N2O. The zero-order valence-electron chi connectivity index (χ0n) is 10.2. The Morgan fingerprint density at radius 1 is 1.40 bits per heavy atom. The van der Waals surface area contributed by atoms with Crippen LogP contribution >= 0.6 is 0 Å². The lowest BCUT2D eigenvalue weighted by Crippen LogP contribution is -2.50. The quantitative estimate of drug-likeness (QED) is 0.775. The molecule has 1 unspecified atom stereocenters. The highest BCUT2D eigenvalue weighted by Crippen LogP contribution is 2.24. The summed E-state index contributed by atoms with van der Waals surface area (Å²) < 4.78 is 0. The minimum absolute atomic E-state index is 0.0213. The van der Waals surface area contributed by atoms with Gasteiger partial charge in [0.25, 0.3) is 0 Å². The van der Waals surface area contributed by atoms with Gasteiger partial charge in [0, 0.05) is 18.6 Å². The standard InChI is InChI=1S/C12H24N2O/c1-4-11(8-13)12(15)14-9(2)6-5-7-10(14)3/h9-11H,4-8,13H2,1-3H3/t9-,10+,11?. The summed E-state index contributed by atoms with van der Waals surface area (Å²) in [5.74, 6) is 0.285. The molecule has 1 saturated heterocycles. The van der Waals surface area contributed by atoms with E-state index in [9.17, 15) is 4.79 Å². The fourth-order valence-electron chi connectivity index (χ4n) is 2.51. The Balaban J connectivity index is 2.70. The molecule has 0 aliphatic carbocycles.